The monoisotopic (exact) mass is 388 g/mol. The molecule has 0 unspecified atom stereocenters. The van der Waals surface area contributed by atoms with Gasteiger partial charge in [-0.15, -0.1) is 0 Å². The van der Waals surface area contributed by atoms with E-state index in [0.29, 0.717) is 11.7 Å². The molecule has 3 aromatic rings. The number of aryl methyl sites for hydroxylation is 2. The molecule has 2 aromatic heterocycles. The Kier molecular flexibility index (Phi) is 6.25. The van der Waals surface area contributed by atoms with E-state index in [0.717, 1.165) is 35.8 Å². The Balaban J connectivity index is 1.42. The standard InChI is InChI=1S/C18H21ClN6S/c1-14-9-21-24(11-14)8-4-7-20-18(26)23-16-10-22-25(13-16)12-15-5-2-3-6-17(15)19/h2-3,5-6,9-11,13H,4,7-8,12H2,1H3,(H2,20,23,26). The fraction of sp³-hybridized carbons (Fsp3) is 0.278. The predicted molar refractivity (Wildman–Crippen MR) is 109 cm³/mol. The lowest BCUT2D eigenvalue weighted by molar-refractivity contribution is 0.573. The summed E-state index contributed by atoms with van der Waals surface area (Å²) in [4.78, 5) is 0. The summed E-state index contributed by atoms with van der Waals surface area (Å²) in [6, 6.07) is 7.75. The molecule has 136 valence electrons. The molecule has 0 saturated heterocycles. The molecule has 2 N–H and O–H groups in total. The van der Waals surface area contributed by atoms with Crippen molar-refractivity contribution in [1.82, 2.24) is 24.9 Å². The maximum Gasteiger partial charge on any atom is 0.170 e. The maximum atomic E-state index is 6.19. The minimum absolute atomic E-state index is 0.582. The molecule has 0 aliphatic rings. The van der Waals surface area contributed by atoms with Crippen LogP contribution < -0.4 is 10.6 Å². The van der Waals surface area contributed by atoms with Gasteiger partial charge in [0, 0.05) is 30.5 Å². The zero-order chi connectivity index (χ0) is 18.4. The zero-order valence-corrected chi connectivity index (χ0v) is 16.1. The van der Waals surface area contributed by atoms with Crippen LogP contribution in [0.15, 0.2) is 49.1 Å². The lowest BCUT2D eigenvalue weighted by atomic mass is 10.2. The molecule has 0 bridgehead atoms. The van der Waals surface area contributed by atoms with E-state index >= 15 is 0 Å². The summed E-state index contributed by atoms with van der Waals surface area (Å²) in [5, 5.41) is 16.3. The highest BCUT2D eigenvalue weighted by Gasteiger charge is 2.04. The lowest BCUT2D eigenvalue weighted by Gasteiger charge is -2.09. The first-order valence-electron chi connectivity index (χ1n) is 8.40. The number of rotatable bonds is 7. The van der Waals surface area contributed by atoms with Crippen LogP contribution in [0.3, 0.4) is 0 Å². The van der Waals surface area contributed by atoms with Gasteiger partial charge in [0.2, 0.25) is 0 Å². The van der Waals surface area contributed by atoms with E-state index in [-0.39, 0.29) is 0 Å². The van der Waals surface area contributed by atoms with Crippen molar-refractivity contribution < 1.29 is 0 Å². The molecular weight excluding hydrogens is 368 g/mol. The summed E-state index contributed by atoms with van der Waals surface area (Å²) in [5.74, 6) is 0. The fourth-order valence-electron chi connectivity index (χ4n) is 2.52. The minimum Gasteiger partial charge on any atom is -0.362 e. The van der Waals surface area contributed by atoms with Gasteiger partial charge in [-0.1, -0.05) is 29.8 Å². The number of aromatic nitrogens is 4. The summed E-state index contributed by atoms with van der Waals surface area (Å²) >= 11 is 11.5. The number of halogens is 1. The molecule has 0 radical (unpaired) electrons. The number of thiocarbonyl (C=S) groups is 1. The van der Waals surface area contributed by atoms with E-state index in [4.69, 9.17) is 23.8 Å². The number of anilines is 1. The molecule has 0 spiro atoms. The molecule has 2 heterocycles. The number of nitrogens with zero attached hydrogens (tertiary/aromatic N) is 4. The second-order valence-electron chi connectivity index (χ2n) is 6.03. The molecule has 0 atom stereocenters. The van der Waals surface area contributed by atoms with Crippen LogP contribution in [0.5, 0.6) is 0 Å². The van der Waals surface area contributed by atoms with Crippen molar-refractivity contribution in [3.63, 3.8) is 0 Å². The van der Waals surface area contributed by atoms with Crippen LogP contribution in [0.1, 0.15) is 17.5 Å². The Hall–Kier alpha value is -2.38. The highest BCUT2D eigenvalue weighted by Crippen LogP contribution is 2.16. The molecule has 0 aliphatic heterocycles. The quantitative estimate of drug-likeness (QED) is 0.479. The molecule has 0 saturated carbocycles. The van der Waals surface area contributed by atoms with Crippen molar-refractivity contribution >= 4 is 34.6 Å². The molecule has 1 aromatic carbocycles. The Bertz CT molecular complexity index is 872. The Morgan fingerprint density at radius 2 is 1.96 bits per heavy atom. The second kappa shape index (κ2) is 8.82. The van der Waals surface area contributed by atoms with E-state index in [1.165, 1.54) is 5.56 Å². The molecule has 0 fully saturated rings. The summed E-state index contributed by atoms with van der Waals surface area (Å²) in [7, 11) is 0. The first kappa shape index (κ1) is 18.4. The van der Waals surface area contributed by atoms with Crippen LogP contribution in [-0.4, -0.2) is 31.2 Å². The number of hydrogen-bond acceptors (Lipinski definition) is 3. The van der Waals surface area contributed by atoms with Gasteiger partial charge in [-0.2, -0.15) is 10.2 Å². The first-order valence-corrected chi connectivity index (χ1v) is 9.18. The molecule has 6 nitrogen and oxygen atoms in total. The Morgan fingerprint density at radius 3 is 2.73 bits per heavy atom. The van der Waals surface area contributed by atoms with Crippen molar-refractivity contribution in [2.24, 2.45) is 0 Å². The third-order valence-corrected chi connectivity index (χ3v) is 4.41. The van der Waals surface area contributed by atoms with E-state index in [9.17, 15) is 0 Å². The van der Waals surface area contributed by atoms with Crippen molar-refractivity contribution in [2.45, 2.75) is 26.4 Å². The molecule has 3 rings (SSSR count). The molecule has 26 heavy (non-hydrogen) atoms. The van der Waals surface area contributed by atoms with Crippen LogP contribution in [0, 0.1) is 6.92 Å². The maximum absolute atomic E-state index is 6.19. The molecule has 0 aliphatic carbocycles. The van der Waals surface area contributed by atoms with Crippen LogP contribution in [-0.2, 0) is 13.1 Å². The topological polar surface area (TPSA) is 59.7 Å². The van der Waals surface area contributed by atoms with Crippen molar-refractivity contribution in [2.75, 3.05) is 11.9 Å². The van der Waals surface area contributed by atoms with Crippen molar-refractivity contribution in [3.05, 3.63) is 65.2 Å². The highest BCUT2D eigenvalue weighted by molar-refractivity contribution is 7.80. The van der Waals surface area contributed by atoms with Crippen LogP contribution in [0.4, 0.5) is 5.69 Å². The van der Waals surface area contributed by atoms with Gasteiger partial charge < -0.3 is 10.6 Å². The largest absolute Gasteiger partial charge is 0.362 e. The van der Waals surface area contributed by atoms with Crippen molar-refractivity contribution in [1.29, 1.82) is 0 Å². The van der Waals surface area contributed by atoms with Crippen LogP contribution >= 0.6 is 23.8 Å². The Labute approximate surface area is 163 Å². The van der Waals surface area contributed by atoms with Crippen molar-refractivity contribution in [3.8, 4) is 0 Å². The van der Waals surface area contributed by atoms with Gasteiger partial charge in [0.25, 0.3) is 0 Å². The number of hydrogen-bond donors (Lipinski definition) is 2. The first-order chi connectivity index (χ1) is 12.6. The van der Waals surface area contributed by atoms with Crippen LogP contribution in [0.2, 0.25) is 5.02 Å². The molecule has 8 heteroatoms. The number of nitrogens with one attached hydrogen (secondary N) is 2. The number of benzene rings is 1. The summed E-state index contributed by atoms with van der Waals surface area (Å²) in [5.41, 5.74) is 3.04. The fourth-order valence-corrected chi connectivity index (χ4v) is 2.94. The minimum atomic E-state index is 0.582. The van der Waals surface area contributed by atoms with Gasteiger partial charge in [0.15, 0.2) is 5.11 Å². The van der Waals surface area contributed by atoms with Gasteiger partial charge in [-0.05, 0) is 42.8 Å². The second-order valence-corrected chi connectivity index (χ2v) is 6.85. The van der Waals surface area contributed by atoms with E-state index in [2.05, 4.69) is 20.8 Å². The van der Waals surface area contributed by atoms with Crippen LogP contribution in [0.25, 0.3) is 0 Å². The third kappa shape index (κ3) is 5.31. The van der Waals surface area contributed by atoms with E-state index < -0.39 is 0 Å². The van der Waals surface area contributed by atoms with Gasteiger partial charge >= 0.3 is 0 Å². The Morgan fingerprint density at radius 1 is 1.15 bits per heavy atom. The smallest absolute Gasteiger partial charge is 0.170 e. The summed E-state index contributed by atoms with van der Waals surface area (Å²) in [6.45, 7) is 4.29. The highest BCUT2D eigenvalue weighted by atomic mass is 35.5. The van der Waals surface area contributed by atoms with E-state index in [1.807, 2.05) is 59.1 Å². The van der Waals surface area contributed by atoms with Gasteiger partial charge in [-0.3, -0.25) is 9.36 Å². The van der Waals surface area contributed by atoms with Gasteiger partial charge in [0.05, 0.1) is 24.6 Å². The molecular formula is C18H21ClN6S. The average molecular weight is 389 g/mol. The summed E-state index contributed by atoms with van der Waals surface area (Å²) in [6.07, 6.45) is 8.49. The lowest BCUT2D eigenvalue weighted by Crippen LogP contribution is -2.29. The van der Waals surface area contributed by atoms with E-state index in [1.54, 1.807) is 6.20 Å². The average Bonchev–Trinajstić information content (AvgIpc) is 3.23. The molecule has 0 amide bonds. The van der Waals surface area contributed by atoms with Gasteiger partial charge in [-0.25, -0.2) is 0 Å². The predicted octanol–water partition coefficient (Wildman–Crippen LogP) is 3.47. The zero-order valence-electron chi connectivity index (χ0n) is 14.5. The van der Waals surface area contributed by atoms with Gasteiger partial charge in [0.1, 0.15) is 0 Å². The third-order valence-electron chi connectivity index (χ3n) is 3.79. The summed E-state index contributed by atoms with van der Waals surface area (Å²) < 4.78 is 3.76. The normalized spacial score (nSPS) is 10.7. The SMILES string of the molecule is Cc1cnn(CCCNC(=S)Nc2cnn(Cc3ccccc3Cl)c2)c1.